The van der Waals surface area contributed by atoms with Gasteiger partial charge in [0.05, 0.1) is 18.8 Å². The predicted molar refractivity (Wildman–Crippen MR) is 77.0 cm³/mol. The van der Waals surface area contributed by atoms with Crippen molar-refractivity contribution < 1.29 is 14.3 Å². The zero-order valence-electron chi connectivity index (χ0n) is 11.5. The van der Waals surface area contributed by atoms with Gasteiger partial charge in [0, 0.05) is 18.4 Å². The molecule has 1 saturated carbocycles. The zero-order valence-corrected chi connectivity index (χ0v) is 12.2. The molecule has 1 aliphatic heterocycles. The molecule has 1 saturated heterocycles. The molecule has 2 aliphatic rings. The van der Waals surface area contributed by atoms with Crippen LogP contribution in [-0.2, 0) is 14.3 Å². The predicted octanol–water partition coefficient (Wildman–Crippen LogP) is 1.46. The Kier molecular flexibility index (Phi) is 3.82. The van der Waals surface area contributed by atoms with E-state index < -0.39 is 11.8 Å². The van der Waals surface area contributed by atoms with Crippen LogP contribution in [-0.4, -0.2) is 47.0 Å². The highest BCUT2D eigenvalue weighted by atomic mass is 35.5. The first-order chi connectivity index (χ1) is 10.1. The van der Waals surface area contributed by atoms with Crippen molar-refractivity contribution in [3.8, 4) is 0 Å². The summed E-state index contributed by atoms with van der Waals surface area (Å²) in [5.41, 5.74) is 0.244. The number of nitrogens with one attached hydrogen (secondary N) is 1. The summed E-state index contributed by atoms with van der Waals surface area (Å²) in [6.45, 7) is 1.43. The number of carbonyl (C=O) groups is 2. The van der Waals surface area contributed by atoms with E-state index in [0.717, 1.165) is 19.3 Å². The molecule has 2 amide bonds. The van der Waals surface area contributed by atoms with Crippen LogP contribution in [0.2, 0.25) is 5.15 Å². The van der Waals surface area contributed by atoms with Gasteiger partial charge in [0.25, 0.3) is 0 Å². The maximum Gasteiger partial charge on any atom is 0.313 e. The molecular weight excluding hydrogens is 294 g/mol. The second kappa shape index (κ2) is 5.61. The van der Waals surface area contributed by atoms with Crippen molar-refractivity contribution in [2.75, 3.05) is 25.0 Å². The maximum absolute atomic E-state index is 12.2. The molecule has 6 nitrogen and oxygen atoms in total. The summed E-state index contributed by atoms with van der Waals surface area (Å²) in [5.74, 6) is -1.19. The topological polar surface area (TPSA) is 71.5 Å². The van der Waals surface area contributed by atoms with Crippen LogP contribution in [0.15, 0.2) is 18.3 Å². The highest BCUT2D eigenvalue weighted by Crippen LogP contribution is 2.38. The second-order valence-corrected chi connectivity index (χ2v) is 5.82. The first kappa shape index (κ1) is 14.3. The molecule has 1 aliphatic carbocycles. The highest BCUT2D eigenvalue weighted by Gasteiger charge is 2.44. The molecule has 1 aromatic heterocycles. The largest absolute Gasteiger partial charge is 0.371 e. The van der Waals surface area contributed by atoms with Crippen molar-refractivity contribution >= 4 is 29.1 Å². The molecule has 0 radical (unpaired) electrons. The Morgan fingerprint density at radius 1 is 1.43 bits per heavy atom. The molecule has 2 fully saturated rings. The summed E-state index contributed by atoms with van der Waals surface area (Å²) in [7, 11) is 0. The first-order valence-electron chi connectivity index (χ1n) is 6.94. The number of anilines is 1. The molecule has 0 bridgehead atoms. The van der Waals surface area contributed by atoms with Gasteiger partial charge in [-0.05, 0) is 31.4 Å². The number of amides is 2. The lowest BCUT2D eigenvalue weighted by molar-refractivity contribution is -0.169. The van der Waals surface area contributed by atoms with E-state index in [-0.39, 0.29) is 10.8 Å². The molecule has 21 heavy (non-hydrogen) atoms. The SMILES string of the molecule is O=C(Nc1ccnc(Cl)c1)C(=O)N1CCOC2(CCC2)C1. The van der Waals surface area contributed by atoms with Crippen LogP contribution in [0.1, 0.15) is 19.3 Å². The minimum atomic E-state index is -0.659. The van der Waals surface area contributed by atoms with Gasteiger partial charge in [-0.1, -0.05) is 11.6 Å². The van der Waals surface area contributed by atoms with Crippen LogP contribution in [0.25, 0.3) is 0 Å². The molecule has 1 N–H and O–H groups in total. The van der Waals surface area contributed by atoms with Crippen LogP contribution >= 0.6 is 11.6 Å². The smallest absolute Gasteiger partial charge is 0.313 e. The summed E-state index contributed by atoms with van der Waals surface area (Å²) < 4.78 is 5.74. The Bertz CT molecular complexity index is 574. The third-order valence-electron chi connectivity index (χ3n) is 3.98. The van der Waals surface area contributed by atoms with Gasteiger partial charge < -0.3 is 15.0 Å². The summed E-state index contributed by atoms with van der Waals surface area (Å²) in [5, 5.41) is 2.81. The average Bonchev–Trinajstić information content (AvgIpc) is 2.45. The molecule has 2 heterocycles. The van der Waals surface area contributed by atoms with E-state index in [1.165, 1.54) is 12.3 Å². The fourth-order valence-electron chi connectivity index (χ4n) is 2.70. The number of morpholine rings is 1. The zero-order chi connectivity index (χ0) is 14.9. The number of rotatable bonds is 1. The van der Waals surface area contributed by atoms with Gasteiger partial charge in [-0.3, -0.25) is 9.59 Å². The van der Waals surface area contributed by atoms with Crippen molar-refractivity contribution in [3.63, 3.8) is 0 Å². The van der Waals surface area contributed by atoms with Crippen molar-refractivity contribution in [1.29, 1.82) is 0 Å². The average molecular weight is 310 g/mol. The van der Waals surface area contributed by atoms with Crippen LogP contribution < -0.4 is 5.32 Å². The fourth-order valence-corrected chi connectivity index (χ4v) is 2.87. The van der Waals surface area contributed by atoms with Gasteiger partial charge in [0.2, 0.25) is 0 Å². The van der Waals surface area contributed by atoms with Crippen molar-refractivity contribution in [2.45, 2.75) is 24.9 Å². The number of halogens is 1. The highest BCUT2D eigenvalue weighted by molar-refractivity contribution is 6.39. The molecule has 0 aromatic carbocycles. The van der Waals surface area contributed by atoms with E-state index in [4.69, 9.17) is 16.3 Å². The van der Waals surface area contributed by atoms with E-state index in [0.29, 0.717) is 25.4 Å². The minimum Gasteiger partial charge on any atom is -0.371 e. The standard InChI is InChI=1S/C14H16ClN3O3/c15-11-8-10(2-5-16-11)17-12(19)13(20)18-6-7-21-14(9-18)3-1-4-14/h2,5,8H,1,3-4,6-7,9H2,(H,16,17,19). The van der Waals surface area contributed by atoms with Gasteiger partial charge in [-0.25, -0.2) is 4.98 Å². The molecule has 7 heteroatoms. The lowest BCUT2D eigenvalue weighted by atomic mass is 9.79. The number of aromatic nitrogens is 1. The van der Waals surface area contributed by atoms with Crippen molar-refractivity contribution in [2.24, 2.45) is 0 Å². The van der Waals surface area contributed by atoms with Crippen LogP contribution in [0.4, 0.5) is 5.69 Å². The number of carbonyl (C=O) groups excluding carboxylic acids is 2. The summed E-state index contributed by atoms with van der Waals surface area (Å²) >= 11 is 5.75. The summed E-state index contributed by atoms with van der Waals surface area (Å²) in [6, 6.07) is 3.09. The maximum atomic E-state index is 12.2. The third kappa shape index (κ3) is 3.01. The van der Waals surface area contributed by atoms with Gasteiger partial charge >= 0.3 is 11.8 Å². The normalized spacial score (nSPS) is 20.0. The Morgan fingerprint density at radius 2 is 2.24 bits per heavy atom. The fraction of sp³-hybridized carbons (Fsp3) is 0.500. The monoisotopic (exact) mass is 309 g/mol. The Hall–Kier alpha value is -1.66. The second-order valence-electron chi connectivity index (χ2n) is 5.43. The molecule has 0 atom stereocenters. The summed E-state index contributed by atoms with van der Waals surface area (Å²) in [6.07, 6.45) is 4.50. The van der Waals surface area contributed by atoms with E-state index in [9.17, 15) is 9.59 Å². The van der Waals surface area contributed by atoms with Crippen LogP contribution in [0.5, 0.6) is 0 Å². The molecule has 1 spiro atoms. The Morgan fingerprint density at radius 3 is 2.90 bits per heavy atom. The van der Waals surface area contributed by atoms with E-state index in [1.54, 1.807) is 11.0 Å². The van der Waals surface area contributed by atoms with E-state index in [2.05, 4.69) is 10.3 Å². The molecule has 0 unspecified atom stereocenters. The van der Waals surface area contributed by atoms with E-state index in [1.807, 2.05) is 0 Å². The lowest BCUT2D eigenvalue weighted by Crippen LogP contribution is -2.58. The molecule has 1 aromatic rings. The minimum absolute atomic E-state index is 0.214. The van der Waals surface area contributed by atoms with Crippen molar-refractivity contribution in [3.05, 3.63) is 23.5 Å². The van der Waals surface area contributed by atoms with Gasteiger partial charge in [-0.2, -0.15) is 0 Å². The number of ether oxygens (including phenoxy) is 1. The Labute approximate surface area is 127 Å². The van der Waals surface area contributed by atoms with Crippen molar-refractivity contribution in [1.82, 2.24) is 9.88 Å². The third-order valence-corrected chi connectivity index (χ3v) is 4.19. The van der Waals surface area contributed by atoms with E-state index >= 15 is 0 Å². The van der Waals surface area contributed by atoms with Gasteiger partial charge in [0.1, 0.15) is 5.15 Å². The Balaban J connectivity index is 1.63. The quantitative estimate of drug-likeness (QED) is 0.629. The molecule has 3 rings (SSSR count). The van der Waals surface area contributed by atoms with Gasteiger partial charge in [-0.15, -0.1) is 0 Å². The molecule has 112 valence electrons. The van der Waals surface area contributed by atoms with Crippen LogP contribution in [0, 0.1) is 0 Å². The first-order valence-corrected chi connectivity index (χ1v) is 7.32. The number of hydrogen-bond donors (Lipinski definition) is 1. The number of nitrogens with zero attached hydrogens (tertiary/aromatic N) is 2. The summed E-state index contributed by atoms with van der Waals surface area (Å²) in [4.78, 5) is 29.7. The van der Waals surface area contributed by atoms with Crippen LogP contribution in [0.3, 0.4) is 0 Å². The molecular formula is C14H16ClN3O3. The van der Waals surface area contributed by atoms with Gasteiger partial charge in [0.15, 0.2) is 0 Å². The number of pyridine rings is 1. The number of hydrogen-bond acceptors (Lipinski definition) is 4. The lowest BCUT2D eigenvalue weighted by Gasteiger charge is -2.48.